The molecule has 0 atom stereocenters. The highest BCUT2D eigenvalue weighted by molar-refractivity contribution is 7.14. The average Bonchev–Trinajstić information content (AvgIpc) is 2.78. The normalized spacial score (nSPS) is 10.8. The molecule has 2 aromatic rings. The summed E-state index contributed by atoms with van der Waals surface area (Å²) in [6, 6.07) is 5.02. The quantitative estimate of drug-likeness (QED) is 0.908. The summed E-state index contributed by atoms with van der Waals surface area (Å²) in [6.07, 6.45) is 0. The molecule has 1 heterocycles. The molecular weight excluding hydrogens is 237 g/mol. The molecule has 5 heteroatoms. The smallest absolute Gasteiger partial charge is 0.150 e. The van der Waals surface area contributed by atoms with Gasteiger partial charge in [0.1, 0.15) is 10.8 Å². The van der Waals surface area contributed by atoms with Gasteiger partial charge in [-0.2, -0.15) is 0 Å². The van der Waals surface area contributed by atoms with Crippen molar-refractivity contribution in [2.24, 2.45) is 0 Å². The number of aromatic nitrogens is 2. The Hall–Kier alpha value is -1.33. The largest absolute Gasteiger partial charge is 0.311 e. The third-order valence-electron chi connectivity index (χ3n) is 2.35. The minimum atomic E-state index is -0.248. The fourth-order valence-corrected chi connectivity index (χ4v) is 2.30. The van der Waals surface area contributed by atoms with Gasteiger partial charge in [-0.15, -0.1) is 10.2 Å². The van der Waals surface area contributed by atoms with Crippen molar-refractivity contribution in [2.45, 2.75) is 20.4 Å². The van der Waals surface area contributed by atoms with Crippen LogP contribution in [0.15, 0.2) is 18.2 Å². The zero-order chi connectivity index (χ0) is 12.3. The first-order chi connectivity index (χ1) is 8.20. The van der Waals surface area contributed by atoms with Gasteiger partial charge in [-0.05, 0) is 25.6 Å². The molecule has 0 aliphatic heterocycles. The lowest BCUT2D eigenvalue weighted by Crippen LogP contribution is -2.11. The number of halogens is 1. The minimum Gasteiger partial charge on any atom is -0.311 e. The van der Waals surface area contributed by atoms with Crippen LogP contribution in [0.4, 0.5) is 4.39 Å². The lowest BCUT2D eigenvalue weighted by molar-refractivity contribution is 0.630. The fraction of sp³-hybridized carbons (Fsp3) is 0.333. The number of nitrogens with one attached hydrogen (secondary N) is 1. The van der Waals surface area contributed by atoms with Gasteiger partial charge < -0.3 is 5.32 Å². The lowest BCUT2D eigenvalue weighted by atomic mass is 10.1. The lowest BCUT2D eigenvalue weighted by Gasteiger charge is -1.99. The average molecular weight is 251 g/mol. The number of aryl methyl sites for hydroxylation is 1. The molecule has 1 aromatic carbocycles. The monoisotopic (exact) mass is 251 g/mol. The summed E-state index contributed by atoms with van der Waals surface area (Å²) in [6.45, 7) is 5.53. The Labute approximate surface area is 104 Å². The van der Waals surface area contributed by atoms with E-state index in [2.05, 4.69) is 15.5 Å². The molecule has 1 N–H and O–H groups in total. The Morgan fingerprint density at radius 2 is 2.18 bits per heavy atom. The predicted molar refractivity (Wildman–Crippen MR) is 67.4 cm³/mol. The first-order valence-corrected chi connectivity index (χ1v) is 6.32. The van der Waals surface area contributed by atoms with E-state index in [0.29, 0.717) is 17.1 Å². The Morgan fingerprint density at radius 3 is 2.94 bits per heavy atom. The third-order valence-corrected chi connectivity index (χ3v) is 3.30. The summed E-state index contributed by atoms with van der Waals surface area (Å²) in [7, 11) is 0. The van der Waals surface area contributed by atoms with Gasteiger partial charge in [0.05, 0.1) is 0 Å². The molecule has 0 aliphatic rings. The Kier molecular flexibility index (Phi) is 3.81. The van der Waals surface area contributed by atoms with Crippen molar-refractivity contribution in [1.29, 1.82) is 0 Å². The van der Waals surface area contributed by atoms with Gasteiger partial charge in [0.25, 0.3) is 0 Å². The zero-order valence-corrected chi connectivity index (χ0v) is 10.6. The molecule has 0 spiro atoms. The van der Waals surface area contributed by atoms with E-state index >= 15 is 0 Å². The van der Waals surface area contributed by atoms with Gasteiger partial charge in [0.2, 0.25) is 0 Å². The second-order valence-electron chi connectivity index (χ2n) is 3.76. The number of rotatable bonds is 4. The molecular formula is C12H14FN3S. The molecule has 0 bridgehead atoms. The van der Waals surface area contributed by atoms with Crippen LogP contribution < -0.4 is 5.32 Å². The number of hydrogen-bond donors (Lipinski definition) is 1. The fourth-order valence-electron chi connectivity index (χ4n) is 1.47. The van der Waals surface area contributed by atoms with Gasteiger partial charge >= 0.3 is 0 Å². The Morgan fingerprint density at radius 1 is 1.35 bits per heavy atom. The number of nitrogens with zero attached hydrogens (tertiary/aromatic N) is 2. The summed E-state index contributed by atoms with van der Waals surface area (Å²) >= 11 is 1.42. The number of benzene rings is 1. The molecule has 0 saturated carbocycles. The van der Waals surface area contributed by atoms with Crippen LogP contribution >= 0.6 is 11.3 Å². The molecule has 0 aliphatic carbocycles. The highest BCUT2D eigenvalue weighted by Crippen LogP contribution is 2.26. The molecule has 0 fully saturated rings. The van der Waals surface area contributed by atoms with Crippen LogP contribution in [0.25, 0.3) is 10.6 Å². The van der Waals surface area contributed by atoms with Crippen LogP contribution in [-0.2, 0) is 6.54 Å². The van der Waals surface area contributed by atoms with Gasteiger partial charge in [0, 0.05) is 12.1 Å². The third kappa shape index (κ3) is 2.87. The van der Waals surface area contributed by atoms with E-state index in [1.807, 2.05) is 13.8 Å². The van der Waals surface area contributed by atoms with Crippen LogP contribution in [-0.4, -0.2) is 16.7 Å². The second-order valence-corrected chi connectivity index (χ2v) is 4.83. The van der Waals surface area contributed by atoms with E-state index in [-0.39, 0.29) is 5.82 Å². The van der Waals surface area contributed by atoms with Crippen molar-refractivity contribution in [2.75, 3.05) is 6.54 Å². The van der Waals surface area contributed by atoms with Crippen molar-refractivity contribution in [3.05, 3.63) is 34.6 Å². The summed E-state index contributed by atoms with van der Waals surface area (Å²) in [5.41, 5.74) is 1.55. The van der Waals surface area contributed by atoms with Gasteiger partial charge in [0.15, 0.2) is 5.01 Å². The summed E-state index contributed by atoms with van der Waals surface area (Å²) < 4.78 is 13.6. The highest BCUT2D eigenvalue weighted by atomic mass is 32.1. The van der Waals surface area contributed by atoms with E-state index in [4.69, 9.17) is 0 Å². The number of hydrogen-bond acceptors (Lipinski definition) is 4. The Balaban J connectivity index is 2.27. The topological polar surface area (TPSA) is 37.8 Å². The standard InChI is InChI=1S/C12H14FN3S/c1-3-14-7-11-15-16-12(17-11)9-6-8(2)4-5-10(9)13/h4-6,14H,3,7H2,1-2H3. The maximum absolute atomic E-state index is 13.6. The molecule has 0 saturated heterocycles. The predicted octanol–water partition coefficient (Wildman–Crippen LogP) is 2.76. The first-order valence-electron chi connectivity index (χ1n) is 5.50. The molecule has 0 unspecified atom stereocenters. The maximum atomic E-state index is 13.6. The van der Waals surface area contributed by atoms with E-state index in [9.17, 15) is 4.39 Å². The molecule has 0 radical (unpaired) electrons. The van der Waals surface area contributed by atoms with Crippen molar-refractivity contribution in [3.63, 3.8) is 0 Å². The molecule has 0 amide bonds. The van der Waals surface area contributed by atoms with Crippen molar-refractivity contribution < 1.29 is 4.39 Å². The highest BCUT2D eigenvalue weighted by Gasteiger charge is 2.11. The molecule has 17 heavy (non-hydrogen) atoms. The van der Waals surface area contributed by atoms with Gasteiger partial charge in [-0.25, -0.2) is 4.39 Å². The van der Waals surface area contributed by atoms with Crippen LogP contribution in [0.1, 0.15) is 17.5 Å². The maximum Gasteiger partial charge on any atom is 0.150 e. The van der Waals surface area contributed by atoms with E-state index < -0.39 is 0 Å². The van der Waals surface area contributed by atoms with Crippen LogP contribution in [0.3, 0.4) is 0 Å². The van der Waals surface area contributed by atoms with E-state index in [1.165, 1.54) is 17.4 Å². The zero-order valence-electron chi connectivity index (χ0n) is 9.83. The van der Waals surface area contributed by atoms with Crippen molar-refractivity contribution in [1.82, 2.24) is 15.5 Å². The van der Waals surface area contributed by atoms with Crippen LogP contribution in [0.2, 0.25) is 0 Å². The van der Waals surface area contributed by atoms with E-state index in [1.54, 1.807) is 12.1 Å². The van der Waals surface area contributed by atoms with Gasteiger partial charge in [-0.1, -0.05) is 29.9 Å². The van der Waals surface area contributed by atoms with Crippen molar-refractivity contribution in [3.8, 4) is 10.6 Å². The second kappa shape index (κ2) is 5.33. The molecule has 3 nitrogen and oxygen atoms in total. The molecule has 1 aromatic heterocycles. The SMILES string of the molecule is CCNCc1nnc(-c2cc(C)ccc2F)s1. The minimum absolute atomic E-state index is 0.248. The van der Waals surface area contributed by atoms with Crippen molar-refractivity contribution >= 4 is 11.3 Å². The van der Waals surface area contributed by atoms with E-state index in [0.717, 1.165) is 17.1 Å². The Bertz CT molecular complexity index is 510. The summed E-state index contributed by atoms with van der Waals surface area (Å²) in [5.74, 6) is -0.248. The first kappa shape index (κ1) is 12.1. The van der Waals surface area contributed by atoms with Gasteiger partial charge in [-0.3, -0.25) is 0 Å². The molecule has 90 valence electrons. The summed E-state index contributed by atoms with van der Waals surface area (Å²) in [4.78, 5) is 0. The summed E-state index contributed by atoms with van der Waals surface area (Å²) in [5, 5.41) is 12.8. The van der Waals surface area contributed by atoms with Crippen LogP contribution in [0, 0.1) is 12.7 Å². The van der Waals surface area contributed by atoms with Crippen LogP contribution in [0.5, 0.6) is 0 Å². The molecule has 2 rings (SSSR count).